The Morgan fingerprint density at radius 2 is 1.73 bits per heavy atom. The summed E-state index contributed by atoms with van der Waals surface area (Å²) in [5.41, 5.74) is 3.29. The van der Waals surface area contributed by atoms with E-state index in [-0.39, 0.29) is 47.1 Å². The number of hydrogen-bond acceptors (Lipinski definition) is 6. The molecule has 0 bridgehead atoms. The fourth-order valence-electron chi connectivity index (χ4n) is 6.27. The molecule has 7 rings (SSSR count). The van der Waals surface area contributed by atoms with Crippen LogP contribution in [0.25, 0.3) is 33.2 Å². The van der Waals surface area contributed by atoms with E-state index in [9.17, 15) is 14.4 Å². The van der Waals surface area contributed by atoms with Crippen LogP contribution >= 0.6 is 11.6 Å². The Morgan fingerprint density at radius 1 is 0.978 bits per heavy atom. The fourth-order valence-corrected chi connectivity index (χ4v) is 6.51. The molecule has 2 aromatic heterocycles. The smallest absolute Gasteiger partial charge is 0.247 e. The number of carbonyl (C=O) groups is 3. The quantitative estimate of drug-likeness (QED) is 0.220. The Bertz CT molecular complexity index is 2010. The van der Waals surface area contributed by atoms with Crippen LogP contribution < -0.4 is 5.32 Å². The van der Waals surface area contributed by atoms with E-state index < -0.39 is 17.8 Å². The molecule has 45 heavy (non-hydrogen) atoms. The molecule has 0 spiro atoms. The van der Waals surface area contributed by atoms with Crippen LogP contribution in [0.15, 0.2) is 73.1 Å². The second-order valence-corrected chi connectivity index (χ2v) is 12.0. The van der Waals surface area contributed by atoms with E-state index in [1.807, 2.05) is 18.2 Å². The molecular weight excluding hydrogens is 595 g/mol. The molecule has 1 saturated carbocycles. The van der Waals surface area contributed by atoms with E-state index in [2.05, 4.69) is 20.4 Å². The van der Waals surface area contributed by atoms with Crippen molar-refractivity contribution in [2.75, 3.05) is 5.32 Å². The zero-order chi connectivity index (χ0) is 31.4. The maximum absolute atomic E-state index is 15.6. The van der Waals surface area contributed by atoms with Gasteiger partial charge in [0.05, 0.1) is 11.2 Å². The Labute approximate surface area is 263 Å². The van der Waals surface area contributed by atoms with Gasteiger partial charge in [-0.1, -0.05) is 48.0 Å². The van der Waals surface area contributed by atoms with Crippen molar-refractivity contribution in [2.45, 2.75) is 45.3 Å². The van der Waals surface area contributed by atoms with Crippen molar-refractivity contribution in [3.05, 3.63) is 95.4 Å². The SMILES string of the molecule is CC(=O)c1nn(CC(=O)N2C3C[C@@H]3C[C@H]2C(=O)Nc2cccc(-c3ccccc3Cl)c2F)c2ccc(-c3cnc(C)nc3)cc12. The molecular formula is C34H28ClFN6O3. The lowest BCUT2D eigenvalue weighted by Crippen LogP contribution is -2.46. The van der Waals surface area contributed by atoms with Gasteiger partial charge in [0, 0.05) is 52.5 Å². The summed E-state index contributed by atoms with van der Waals surface area (Å²) in [6.45, 7) is 3.09. The molecule has 3 heterocycles. The first-order chi connectivity index (χ1) is 21.7. The Kier molecular flexibility index (Phi) is 7.16. The molecule has 1 saturated heterocycles. The molecule has 2 fully saturated rings. The largest absolute Gasteiger partial charge is 0.326 e. The van der Waals surface area contributed by atoms with Crippen molar-refractivity contribution >= 4 is 45.8 Å². The highest BCUT2D eigenvalue weighted by Crippen LogP contribution is 2.48. The van der Waals surface area contributed by atoms with E-state index in [1.54, 1.807) is 60.6 Å². The Morgan fingerprint density at radius 3 is 2.49 bits per heavy atom. The number of aryl methyl sites for hydroxylation is 1. The van der Waals surface area contributed by atoms with E-state index in [0.29, 0.717) is 33.7 Å². The highest BCUT2D eigenvalue weighted by atomic mass is 35.5. The van der Waals surface area contributed by atoms with Crippen LogP contribution in [0.3, 0.4) is 0 Å². The normalized spacial score (nSPS) is 18.6. The van der Waals surface area contributed by atoms with Crippen molar-refractivity contribution in [1.82, 2.24) is 24.6 Å². The zero-order valence-electron chi connectivity index (χ0n) is 24.5. The molecule has 2 amide bonds. The highest BCUT2D eigenvalue weighted by molar-refractivity contribution is 6.33. The monoisotopic (exact) mass is 622 g/mol. The number of rotatable bonds is 7. The van der Waals surface area contributed by atoms with Crippen LogP contribution in [-0.4, -0.2) is 54.3 Å². The summed E-state index contributed by atoms with van der Waals surface area (Å²) >= 11 is 6.30. The van der Waals surface area contributed by atoms with Gasteiger partial charge >= 0.3 is 0 Å². The molecule has 0 radical (unpaired) electrons. The lowest BCUT2D eigenvalue weighted by molar-refractivity contribution is -0.138. The molecule has 2 aliphatic rings. The lowest BCUT2D eigenvalue weighted by atomic mass is 10.0. The molecule has 226 valence electrons. The number of fused-ring (bicyclic) bond motifs is 2. The Hall–Kier alpha value is -4.96. The average Bonchev–Trinajstić information content (AvgIpc) is 3.53. The van der Waals surface area contributed by atoms with Crippen molar-refractivity contribution in [3.63, 3.8) is 0 Å². The second-order valence-electron chi connectivity index (χ2n) is 11.6. The fraction of sp³-hybridized carbons (Fsp3) is 0.235. The van der Waals surface area contributed by atoms with Crippen LogP contribution in [0.1, 0.15) is 36.1 Å². The molecule has 5 aromatic rings. The number of aromatic nitrogens is 4. The van der Waals surface area contributed by atoms with Gasteiger partial charge in [-0.2, -0.15) is 5.10 Å². The van der Waals surface area contributed by atoms with Gasteiger partial charge in [-0.3, -0.25) is 19.1 Å². The summed E-state index contributed by atoms with van der Waals surface area (Å²) in [7, 11) is 0. The van der Waals surface area contributed by atoms with Crippen molar-refractivity contribution in [1.29, 1.82) is 0 Å². The second kappa shape index (κ2) is 11.2. The van der Waals surface area contributed by atoms with Gasteiger partial charge in [0.2, 0.25) is 11.8 Å². The minimum absolute atomic E-state index is 0.0179. The first kappa shape index (κ1) is 28.8. The minimum Gasteiger partial charge on any atom is -0.326 e. The lowest BCUT2D eigenvalue weighted by Gasteiger charge is -2.27. The summed E-state index contributed by atoms with van der Waals surface area (Å²) in [6.07, 6.45) is 4.74. The first-order valence-electron chi connectivity index (χ1n) is 14.7. The van der Waals surface area contributed by atoms with E-state index in [4.69, 9.17) is 11.6 Å². The summed E-state index contributed by atoms with van der Waals surface area (Å²) in [5, 5.41) is 8.24. The topological polar surface area (TPSA) is 110 Å². The molecule has 11 heteroatoms. The molecule has 1 aliphatic carbocycles. The minimum atomic E-state index is -0.758. The number of nitrogens with zero attached hydrogens (tertiary/aromatic N) is 5. The van der Waals surface area contributed by atoms with Crippen LogP contribution in [0.4, 0.5) is 10.1 Å². The van der Waals surface area contributed by atoms with Crippen LogP contribution in [0.5, 0.6) is 0 Å². The number of benzene rings is 3. The number of carbonyl (C=O) groups excluding carboxylic acids is 3. The van der Waals surface area contributed by atoms with Gasteiger partial charge in [0.1, 0.15) is 24.1 Å². The number of piperidine rings is 1. The van der Waals surface area contributed by atoms with Gasteiger partial charge in [0.25, 0.3) is 0 Å². The molecule has 1 aliphatic heterocycles. The number of nitrogens with one attached hydrogen (secondary N) is 1. The predicted molar refractivity (Wildman–Crippen MR) is 168 cm³/mol. The first-order valence-corrected chi connectivity index (χ1v) is 15.0. The van der Waals surface area contributed by atoms with E-state index >= 15 is 4.39 Å². The van der Waals surface area contributed by atoms with Gasteiger partial charge in [-0.15, -0.1) is 0 Å². The molecule has 1 N–H and O–H groups in total. The average molecular weight is 623 g/mol. The zero-order valence-corrected chi connectivity index (χ0v) is 25.3. The maximum Gasteiger partial charge on any atom is 0.247 e. The van der Waals surface area contributed by atoms with Gasteiger partial charge < -0.3 is 10.2 Å². The van der Waals surface area contributed by atoms with Gasteiger partial charge in [-0.05, 0) is 55.5 Å². The van der Waals surface area contributed by atoms with Crippen LogP contribution in [0.2, 0.25) is 5.02 Å². The standard InChI is InChI=1S/C34H28ClFN6O3/c1-18(43)33-25-12-20(22-15-37-19(2)38-16-22)10-11-28(25)41(40-33)17-31(44)42-29-13-21(29)14-30(42)34(45)39-27-9-5-7-24(32(27)36)23-6-3-4-8-26(23)35/h3-12,15-16,21,29-30H,13-14,17H2,1-2H3,(H,39,45)/t21-,29?,30+/m1/s1. The number of ketones is 1. The highest BCUT2D eigenvalue weighted by Gasteiger charge is 2.56. The van der Waals surface area contributed by atoms with Crippen molar-refractivity contribution < 1.29 is 18.8 Å². The number of Topliss-reactive ketones (excluding diaryl/α,β-unsaturated/α-hetero) is 1. The van der Waals surface area contributed by atoms with Crippen LogP contribution in [-0.2, 0) is 16.1 Å². The summed E-state index contributed by atoms with van der Waals surface area (Å²) in [6, 6.07) is 16.4. The number of halogens is 2. The summed E-state index contributed by atoms with van der Waals surface area (Å²) in [4.78, 5) is 50.0. The van der Waals surface area contributed by atoms with Crippen LogP contribution in [0, 0.1) is 18.7 Å². The maximum atomic E-state index is 15.6. The molecule has 3 atom stereocenters. The third-order valence-electron chi connectivity index (χ3n) is 8.60. The predicted octanol–water partition coefficient (Wildman–Crippen LogP) is 6.09. The molecule has 1 unspecified atom stereocenters. The number of likely N-dealkylation sites (tertiary alicyclic amines) is 1. The third kappa shape index (κ3) is 5.25. The van der Waals surface area contributed by atoms with E-state index in [0.717, 1.165) is 17.5 Å². The summed E-state index contributed by atoms with van der Waals surface area (Å²) < 4.78 is 17.1. The summed E-state index contributed by atoms with van der Waals surface area (Å²) in [5.74, 6) is -0.712. The molecule has 9 nitrogen and oxygen atoms in total. The van der Waals surface area contributed by atoms with Crippen molar-refractivity contribution in [2.24, 2.45) is 5.92 Å². The van der Waals surface area contributed by atoms with Gasteiger partial charge in [-0.25, -0.2) is 14.4 Å². The number of amides is 2. The third-order valence-corrected chi connectivity index (χ3v) is 8.93. The molecule has 3 aromatic carbocycles. The van der Waals surface area contributed by atoms with Gasteiger partial charge in [0.15, 0.2) is 11.6 Å². The number of anilines is 1. The van der Waals surface area contributed by atoms with E-state index in [1.165, 1.54) is 17.7 Å². The van der Waals surface area contributed by atoms with Crippen molar-refractivity contribution in [3.8, 4) is 22.3 Å². The Balaban J connectivity index is 1.14. The number of hydrogen-bond donors (Lipinski definition) is 1.